The van der Waals surface area contributed by atoms with Crippen molar-refractivity contribution in [1.82, 2.24) is 9.61 Å². The second kappa shape index (κ2) is 5.85. The zero-order valence-electron chi connectivity index (χ0n) is 10.9. The first-order valence-electron chi connectivity index (χ1n) is 6.75. The molecule has 92 valence electrons. The summed E-state index contributed by atoms with van der Waals surface area (Å²) in [5.41, 5.74) is 2.65. The number of hydrogen-bond donors (Lipinski definition) is 0. The van der Waals surface area contributed by atoms with Gasteiger partial charge in [-0.1, -0.05) is 45.6 Å². The quantitative estimate of drug-likeness (QED) is 0.672. The summed E-state index contributed by atoms with van der Waals surface area (Å²) in [5.74, 6) is 0.617. The first-order valence-corrected chi connectivity index (χ1v) is 6.75. The van der Waals surface area contributed by atoms with E-state index in [2.05, 4.69) is 31.1 Å². The zero-order chi connectivity index (χ0) is 12.1. The number of aromatic nitrogens is 2. The summed E-state index contributed by atoms with van der Waals surface area (Å²) < 4.78 is 1.97. The minimum absolute atomic E-state index is 0.617. The van der Waals surface area contributed by atoms with Gasteiger partial charge >= 0.3 is 0 Å². The lowest BCUT2D eigenvalue weighted by molar-refractivity contribution is 0.582. The van der Waals surface area contributed by atoms with E-state index in [4.69, 9.17) is 0 Å². The molecule has 2 heteroatoms. The molecule has 0 bridgehead atoms. The molecule has 0 fully saturated rings. The van der Waals surface area contributed by atoms with Gasteiger partial charge in [0, 0.05) is 11.8 Å². The van der Waals surface area contributed by atoms with Crippen LogP contribution in [0.4, 0.5) is 0 Å². The maximum Gasteiger partial charge on any atom is 0.0696 e. The van der Waals surface area contributed by atoms with Crippen LogP contribution >= 0.6 is 0 Å². The first kappa shape index (κ1) is 12.2. The Morgan fingerprint density at radius 1 is 1.24 bits per heavy atom. The number of pyridine rings is 1. The fourth-order valence-corrected chi connectivity index (χ4v) is 2.37. The minimum atomic E-state index is 0.617. The second-order valence-corrected chi connectivity index (χ2v) is 4.88. The molecule has 0 saturated carbocycles. The third kappa shape index (κ3) is 2.87. The van der Waals surface area contributed by atoms with Gasteiger partial charge in [0.05, 0.1) is 11.7 Å². The Balaban J connectivity index is 2.01. The Labute approximate surface area is 104 Å². The van der Waals surface area contributed by atoms with Gasteiger partial charge in [-0.15, -0.1) is 0 Å². The molecule has 17 heavy (non-hydrogen) atoms. The van der Waals surface area contributed by atoms with Crippen LogP contribution in [0, 0.1) is 0 Å². The molecule has 2 aromatic heterocycles. The van der Waals surface area contributed by atoms with E-state index in [0.717, 1.165) is 0 Å². The predicted octanol–water partition coefficient (Wildman–Crippen LogP) is 4.41. The van der Waals surface area contributed by atoms with Crippen LogP contribution in [0.1, 0.15) is 57.4 Å². The van der Waals surface area contributed by atoms with Crippen molar-refractivity contribution in [1.29, 1.82) is 0 Å². The maximum absolute atomic E-state index is 4.40. The number of hydrogen-bond acceptors (Lipinski definition) is 1. The van der Waals surface area contributed by atoms with Gasteiger partial charge in [0.1, 0.15) is 0 Å². The maximum atomic E-state index is 4.40. The van der Waals surface area contributed by atoms with Crippen molar-refractivity contribution in [2.24, 2.45) is 0 Å². The molecule has 0 aliphatic carbocycles. The van der Waals surface area contributed by atoms with Gasteiger partial charge in [0.25, 0.3) is 0 Å². The summed E-state index contributed by atoms with van der Waals surface area (Å²) in [4.78, 5) is 0. The third-order valence-corrected chi connectivity index (χ3v) is 3.48. The molecule has 0 saturated heterocycles. The molecule has 2 heterocycles. The van der Waals surface area contributed by atoms with Gasteiger partial charge in [0.15, 0.2) is 0 Å². The van der Waals surface area contributed by atoms with Crippen molar-refractivity contribution in [3.63, 3.8) is 0 Å². The average molecular weight is 230 g/mol. The Morgan fingerprint density at radius 3 is 2.94 bits per heavy atom. The molecule has 2 rings (SSSR count). The highest BCUT2D eigenvalue weighted by Gasteiger charge is 2.10. The molecular weight excluding hydrogens is 208 g/mol. The summed E-state index contributed by atoms with van der Waals surface area (Å²) in [7, 11) is 0. The van der Waals surface area contributed by atoms with Gasteiger partial charge < -0.3 is 0 Å². The largest absolute Gasteiger partial charge is 0.241 e. The van der Waals surface area contributed by atoms with E-state index in [1.807, 2.05) is 23.0 Å². The fraction of sp³-hybridized carbons (Fsp3) is 0.533. The second-order valence-electron chi connectivity index (χ2n) is 4.88. The van der Waals surface area contributed by atoms with E-state index in [1.165, 1.54) is 43.2 Å². The van der Waals surface area contributed by atoms with Crippen molar-refractivity contribution in [2.45, 2.75) is 51.9 Å². The van der Waals surface area contributed by atoms with Crippen LogP contribution in [0.5, 0.6) is 0 Å². The van der Waals surface area contributed by atoms with Gasteiger partial charge in [-0.05, 0) is 24.5 Å². The number of fused-ring (bicyclic) bond motifs is 1. The van der Waals surface area contributed by atoms with Crippen molar-refractivity contribution in [3.05, 3.63) is 36.2 Å². The van der Waals surface area contributed by atoms with Crippen LogP contribution in [0.2, 0.25) is 0 Å². The van der Waals surface area contributed by atoms with Crippen LogP contribution in [0.15, 0.2) is 30.6 Å². The molecule has 0 amide bonds. The number of nitrogens with zero attached hydrogens (tertiary/aromatic N) is 2. The average Bonchev–Trinajstić information content (AvgIpc) is 2.78. The summed E-state index contributed by atoms with van der Waals surface area (Å²) in [5, 5.41) is 4.40. The zero-order valence-corrected chi connectivity index (χ0v) is 10.9. The first-order chi connectivity index (χ1) is 8.33. The van der Waals surface area contributed by atoms with E-state index in [9.17, 15) is 0 Å². The summed E-state index contributed by atoms with van der Waals surface area (Å²) >= 11 is 0. The van der Waals surface area contributed by atoms with Gasteiger partial charge in [-0.25, -0.2) is 4.52 Å². The molecule has 1 unspecified atom stereocenters. The molecule has 0 aromatic carbocycles. The molecule has 1 atom stereocenters. The van der Waals surface area contributed by atoms with Crippen molar-refractivity contribution < 1.29 is 0 Å². The SMILES string of the molecule is CCCCCCC(C)c1cnn2ccccc12. The van der Waals surface area contributed by atoms with Crippen molar-refractivity contribution in [3.8, 4) is 0 Å². The standard InChI is InChI=1S/C15H22N2/c1-3-4-5-6-9-13(2)14-12-16-17-11-8-7-10-15(14)17/h7-8,10-13H,3-6,9H2,1-2H3. The van der Waals surface area contributed by atoms with Crippen LogP contribution in [-0.2, 0) is 0 Å². The number of rotatable bonds is 6. The van der Waals surface area contributed by atoms with Gasteiger partial charge in [-0.3, -0.25) is 0 Å². The molecule has 0 spiro atoms. The topological polar surface area (TPSA) is 17.3 Å². The van der Waals surface area contributed by atoms with E-state index in [-0.39, 0.29) is 0 Å². The van der Waals surface area contributed by atoms with Crippen molar-refractivity contribution in [2.75, 3.05) is 0 Å². The van der Waals surface area contributed by atoms with E-state index < -0.39 is 0 Å². The summed E-state index contributed by atoms with van der Waals surface area (Å²) in [6, 6.07) is 6.27. The van der Waals surface area contributed by atoms with Crippen LogP contribution in [-0.4, -0.2) is 9.61 Å². The molecule has 0 aliphatic rings. The third-order valence-electron chi connectivity index (χ3n) is 3.48. The highest BCUT2D eigenvalue weighted by molar-refractivity contribution is 5.54. The highest BCUT2D eigenvalue weighted by Crippen LogP contribution is 2.25. The summed E-state index contributed by atoms with van der Waals surface area (Å²) in [6.07, 6.45) is 10.7. The minimum Gasteiger partial charge on any atom is -0.241 e. The van der Waals surface area contributed by atoms with E-state index >= 15 is 0 Å². The Bertz CT molecular complexity index is 459. The number of unbranched alkanes of at least 4 members (excludes halogenated alkanes) is 3. The molecular formula is C15H22N2. The fourth-order valence-electron chi connectivity index (χ4n) is 2.37. The summed E-state index contributed by atoms with van der Waals surface area (Å²) in [6.45, 7) is 4.57. The van der Waals surface area contributed by atoms with Crippen LogP contribution in [0.25, 0.3) is 5.52 Å². The predicted molar refractivity (Wildman–Crippen MR) is 72.4 cm³/mol. The molecule has 2 nitrogen and oxygen atoms in total. The smallest absolute Gasteiger partial charge is 0.0696 e. The molecule has 0 N–H and O–H groups in total. The lowest BCUT2D eigenvalue weighted by Crippen LogP contribution is -1.93. The molecule has 2 aromatic rings. The van der Waals surface area contributed by atoms with Crippen LogP contribution < -0.4 is 0 Å². The van der Waals surface area contributed by atoms with Gasteiger partial charge in [0.2, 0.25) is 0 Å². The van der Waals surface area contributed by atoms with Gasteiger partial charge in [-0.2, -0.15) is 5.10 Å². The Kier molecular flexibility index (Phi) is 4.18. The van der Waals surface area contributed by atoms with Crippen LogP contribution in [0.3, 0.4) is 0 Å². The Hall–Kier alpha value is -1.31. The molecule has 0 radical (unpaired) electrons. The van der Waals surface area contributed by atoms with Crippen molar-refractivity contribution >= 4 is 5.52 Å². The molecule has 0 aliphatic heterocycles. The normalized spacial score (nSPS) is 13.1. The lowest BCUT2D eigenvalue weighted by atomic mass is 9.96. The lowest BCUT2D eigenvalue weighted by Gasteiger charge is -2.09. The Morgan fingerprint density at radius 2 is 2.12 bits per heavy atom. The highest BCUT2D eigenvalue weighted by atomic mass is 15.2. The monoisotopic (exact) mass is 230 g/mol. The van der Waals surface area contributed by atoms with E-state index in [1.54, 1.807) is 0 Å². The van der Waals surface area contributed by atoms with E-state index in [0.29, 0.717) is 5.92 Å².